The van der Waals surface area contributed by atoms with Gasteiger partial charge in [-0.2, -0.15) is 0 Å². The predicted octanol–water partition coefficient (Wildman–Crippen LogP) is 11.1. The van der Waals surface area contributed by atoms with Gasteiger partial charge in [0.05, 0.1) is 0 Å². The fourth-order valence-electron chi connectivity index (χ4n) is 7.25. The number of aryl methyl sites for hydroxylation is 1. The number of anilines is 3. The molecule has 2 aliphatic rings. The third kappa shape index (κ3) is 4.49. The smallest absolute Gasteiger partial charge is 0.0493 e. The van der Waals surface area contributed by atoms with Gasteiger partial charge < -0.3 is 4.90 Å². The fraction of sp³-hybridized carbons (Fsp3) is 0.500. The van der Waals surface area contributed by atoms with Crippen molar-refractivity contribution in [1.29, 1.82) is 0 Å². The van der Waals surface area contributed by atoms with E-state index in [-0.39, 0.29) is 21.7 Å². The highest BCUT2D eigenvalue weighted by molar-refractivity contribution is 6.31. The van der Waals surface area contributed by atoms with Crippen LogP contribution >= 0.6 is 11.6 Å². The largest absolute Gasteiger partial charge is 0.310 e. The fourth-order valence-corrected chi connectivity index (χ4v) is 7.54. The van der Waals surface area contributed by atoms with Gasteiger partial charge in [-0.3, -0.25) is 0 Å². The third-order valence-electron chi connectivity index (χ3n) is 9.84. The van der Waals surface area contributed by atoms with Crippen molar-refractivity contribution in [3.63, 3.8) is 0 Å². The molecule has 2 aliphatic carbocycles. The van der Waals surface area contributed by atoms with E-state index in [9.17, 15) is 0 Å². The molecule has 0 heterocycles. The Labute approximate surface area is 236 Å². The molecule has 0 saturated heterocycles. The van der Waals surface area contributed by atoms with Crippen molar-refractivity contribution < 1.29 is 0 Å². The molecule has 0 N–H and O–H groups in total. The molecule has 3 aromatic carbocycles. The zero-order chi connectivity index (χ0) is 27.8. The summed E-state index contributed by atoms with van der Waals surface area (Å²) >= 11 is 6.68. The molecule has 1 nitrogen and oxygen atoms in total. The molecular weight excluding hydrogens is 482 g/mol. The maximum atomic E-state index is 6.68. The Morgan fingerprint density at radius 2 is 1.13 bits per heavy atom. The van der Waals surface area contributed by atoms with E-state index < -0.39 is 0 Å². The second kappa shape index (κ2) is 8.88. The molecule has 0 atom stereocenters. The molecule has 5 rings (SSSR count). The zero-order valence-electron chi connectivity index (χ0n) is 25.3. The Bertz CT molecular complexity index is 1380. The second-order valence-electron chi connectivity index (χ2n) is 14.7. The monoisotopic (exact) mass is 527 g/mol. The lowest BCUT2D eigenvalue weighted by atomic mass is 9.62. The van der Waals surface area contributed by atoms with E-state index >= 15 is 0 Å². The van der Waals surface area contributed by atoms with Crippen molar-refractivity contribution in [3.8, 4) is 0 Å². The van der Waals surface area contributed by atoms with Crippen LogP contribution in [0.1, 0.15) is 114 Å². The summed E-state index contributed by atoms with van der Waals surface area (Å²) < 4.78 is 0. The summed E-state index contributed by atoms with van der Waals surface area (Å²) in [5.41, 5.74) is 12.8. The number of benzene rings is 3. The van der Waals surface area contributed by atoms with Gasteiger partial charge in [0.1, 0.15) is 0 Å². The molecule has 3 aromatic rings. The molecule has 0 spiro atoms. The van der Waals surface area contributed by atoms with Gasteiger partial charge in [0.15, 0.2) is 0 Å². The first-order valence-electron chi connectivity index (χ1n) is 14.4. The first-order valence-corrected chi connectivity index (χ1v) is 14.8. The van der Waals surface area contributed by atoms with Crippen LogP contribution in [-0.2, 0) is 21.7 Å². The minimum absolute atomic E-state index is 0.142. The summed E-state index contributed by atoms with van der Waals surface area (Å²) in [5.74, 6) is 0. The third-order valence-corrected chi connectivity index (χ3v) is 10.1. The van der Waals surface area contributed by atoms with E-state index in [1.165, 1.54) is 70.4 Å². The molecule has 0 radical (unpaired) electrons. The maximum Gasteiger partial charge on any atom is 0.0493 e. The van der Waals surface area contributed by atoms with E-state index in [4.69, 9.17) is 11.6 Å². The maximum absolute atomic E-state index is 6.68. The van der Waals surface area contributed by atoms with E-state index in [0.29, 0.717) is 0 Å². The Kier molecular flexibility index (Phi) is 6.39. The highest BCUT2D eigenvalue weighted by Crippen LogP contribution is 2.52. The van der Waals surface area contributed by atoms with Gasteiger partial charge in [-0.25, -0.2) is 0 Å². The summed E-state index contributed by atoms with van der Waals surface area (Å²) in [5, 5.41) is 0.779. The molecule has 0 aromatic heterocycles. The van der Waals surface area contributed by atoms with Crippen LogP contribution in [-0.4, -0.2) is 0 Å². The number of rotatable bonds is 3. The van der Waals surface area contributed by atoms with Crippen LogP contribution in [0, 0.1) is 13.8 Å². The van der Waals surface area contributed by atoms with Crippen LogP contribution in [0.3, 0.4) is 0 Å². The first kappa shape index (κ1) is 27.3. The van der Waals surface area contributed by atoms with Crippen LogP contribution in [0.15, 0.2) is 48.5 Å². The van der Waals surface area contributed by atoms with Gasteiger partial charge in [0.25, 0.3) is 0 Å². The Morgan fingerprint density at radius 3 is 1.76 bits per heavy atom. The lowest BCUT2D eigenvalue weighted by molar-refractivity contribution is 0.330. The van der Waals surface area contributed by atoms with Crippen LogP contribution in [0.25, 0.3) is 0 Å². The number of hydrogen-bond donors (Lipinski definition) is 0. The van der Waals surface area contributed by atoms with E-state index in [2.05, 4.69) is 117 Å². The average Bonchev–Trinajstić information content (AvgIpc) is 2.80. The van der Waals surface area contributed by atoms with E-state index in [0.717, 1.165) is 10.7 Å². The minimum atomic E-state index is 0.142. The number of fused-ring (bicyclic) bond motifs is 2. The van der Waals surface area contributed by atoms with Crippen molar-refractivity contribution >= 4 is 28.7 Å². The van der Waals surface area contributed by atoms with Gasteiger partial charge in [-0.1, -0.05) is 79.1 Å². The Balaban J connectivity index is 1.79. The van der Waals surface area contributed by atoms with Crippen LogP contribution in [0.4, 0.5) is 17.1 Å². The lowest BCUT2D eigenvalue weighted by Crippen LogP contribution is -2.35. The molecule has 2 heteroatoms. The minimum Gasteiger partial charge on any atom is -0.310 e. The first-order chi connectivity index (χ1) is 17.5. The second-order valence-corrected chi connectivity index (χ2v) is 15.2. The Morgan fingerprint density at radius 1 is 0.579 bits per heavy atom. The number of hydrogen-bond acceptors (Lipinski definition) is 1. The topological polar surface area (TPSA) is 3.24 Å². The number of halogens is 1. The van der Waals surface area contributed by atoms with Crippen molar-refractivity contribution in [2.75, 3.05) is 4.90 Å². The highest BCUT2D eigenvalue weighted by atomic mass is 35.5. The summed E-state index contributed by atoms with van der Waals surface area (Å²) in [6.07, 6.45) is 4.85. The Hall–Kier alpha value is -2.25. The van der Waals surface area contributed by atoms with Gasteiger partial charge in [-0.15, -0.1) is 0 Å². The number of nitrogens with zero attached hydrogens (tertiary/aromatic N) is 1. The lowest BCUT2D eigenvalue weighted by Gasteiger charge is -2.44. The molecule has 0 fully saturated rings. The molecule has 202 valence electrons. The van der Waals surface area contributed by atoms with E-state index in [1.54, 1.807) is 0 Å². The SMILES string of the molecule is Cc1cc(Cl)cc(N(c2ccc3c(c2)C(C)(C)CCC3(C)C)c2ccc3c(c2C)C(C)(C)CCC3(C)C)c1. The molecule has 0 unspecified atom stereocenters. The van der Waals surface area contributed by atoms with Crippen molar-refractivity contribution in [2.24, 2.45) is 0 Å². The molecule has 0 bridgehead atoms. The average molecular weight is 528 g/mol. The van der Waals surface area contributed by atoms with Gasteiger partial charge in [0, 0.05) is 22.1 Å². The summed E-state index contributed by atoms with van der Waals surface area (Å²) in [7, 11) is 0. The van der Waals surface area contributed by atoms with Crippen molar-refractivity contribution in [3.05, 3.63) is 86.9 Å². The predicted molar refractivity (Wildman–Crippen MR) is 166 cm³/mol. The molecule has 0 amide bonds. The quantitative estimate of drug-likeness (QED) is 0.327. The summed E-state index contributed by atoms with van der Waals surface area (Å²) in [6.45, 7) is 23.8. The van der Waals surface area contributed by atoms with Crippen LogP contribution in [0.5, 0.6) is 0 Å². The molecule has 38 heavy (non-hydrogen) atoms. The van der Waals surface area contributed by atoms with Crippen molar-refractivity contribution in [2.45, 2.75) is 117 Å². The van der Waals surface area contributed by atoms with Gasteiger partial charge >= 0.3 is 0 Å². The molecule has 0 saturated carbocycles. The van der Waals surface area contributed by atoms with Gasteiger partial charge in [-0.05, 0) is 131 Å². The molecule has 0 aliphatic heterocycles. The van der Waals surface area contributed by atoms with Crippen LogP contribution < -0.4 is 4.90 Å². The summed E-state index contributed by atoms with van der Waals surface area (Å²) in [4.78, 5) is 2.46. The molecular formula is C36H46ClN. The standard InChI is InChI=1S/C36H46ClN/c1-23-19-25(37)21-27(20-23)38(26-11-12-28-30(22-26)35(7,8)16-15-33(28,3)4)31-14-13-29-32(24(31)2)36(9,10)18-17-34(29,5)6/h11-14,19-22H,15-18H2,1-10H3. The summed E-state index contributed by atoms with van der Waals surface area (Å²) in [6, 6.07) is 18.4. The van der Waals surface area contributed by atoms with Gasteiger partial charge in [0.2, 0.25) is 0 Å². The van der Waals surface area contributed by atoms with Crippen LogP contribution in [0.2, 0.25) is 5.02 Å². The zero-order valence-corrected chi connectivity index (χ0v) is 26.0. The normalized spacial score (nSPS) is 20.4. The highest BCUT2D eigenvalue weighted by Gasteiger charge is 2.40. The van der Waals surface area contributed by atoms with Crippen molar-refractivity contribution in [1.82, 2.24) is 0 Å². The van der Waals surface area contributed by atoms with E-state index in [1.807, 2.05) is 6.07 Å².